The number of anilines is 1. The van der Waals surface area contributed by atoms with E-state index in [1.807, 2.05) is 66.7 Å². The predicted octanol–water partition coefficient (Wildman–Crippen LogP) is 5.68. The number of fused-ring (bicyclic) bond motifs is 1. The average molecular weight is 663 g/mol. The van der Waals surface area contributed by atoms with Crippen molar-refractivity contribution in [3.05, 3.63) is 82.9 Å². The molecule has 1 saturated heterocycles. The monoisotopic (exact) mass is 662 g/mol. The van der Waals surface area contributed by atoms with Gasteiger partial charge in [-0.25, -0.2) is 4.68 Å². The summed E-state index contributed by atoms with van der Waals surface area (Å²) in [5.74, 6) is 2.00. The van der Waals surface area contributed by atoms with Crippen LogP contribution in [-0.2, 0) is 14.3 Å². The number of methoxy groups -OCH3 is 3. The Morgan fingerprint density at radius 3 is 2.46 bits per heavy atom. The molecule has 0 aliphatic carbocycles. The molecule has 1 fully saturated rings. The van der Waals surface area contributed by atoms with E-state index in [-0.39, 0.29) is 35.5 Å². The van der Waals surface area contributed by atoms with Crippen LogP contribution in [-0.4, -0.2) is 74.5 Å². The van der Waals surface area contributed by atoms with E-state index < -0.39 is 0 Å². The van der Waals surface area contributed by atoms with Gasteiger partial charge in [0.1, 0.15) is 18.1 Å². The van der Waals surface area contributed by atoms with E-state index in [1.165, 1.54) is 11.8 Å². The zero-order chi connectivity index (χ0) is 32.2. The number of carbonyl (C=O) groups excluding carboxylic acids is 2. The molecule has 0 bridgehead atoms. The van der Waals surface area contributed by atoms with Gasteiger partial charge in [-0.15, -0.1) is 11.8 Å². The minimum absolute atomic E-state index is 0.0225. The van der Waals surface area contributed by atoms with Gasteiger partial charge in [0.2, 0.25) is 11.8 Å². The molecular formula is C34H35ClN4O6S. The average Bonchev–Trinajstić information content (AvgIpc) is 3.72. The molecule has 0 unspecified atom stereocenters. The highest BCUT2D eigenvalue weighted by Gasteiger charge is 2.38. The smallest absolute Gasteiger partial charge is 0.240 e. The lowest BCUT2D eigenvalue weighted by atomic mass is 9.99. The van der Waals surface area contributed by atoms with Crippen molar-refractivity contribution < 1.29 is 28.5 Å². The number of carbonyl (C=O) groups is 2. The Morgan fingerprint density at radius 2 is 1.78 bits per heavy atom. The largest absolute Gasteiger partial charge is 0.497 e. The van der Waals surface area contributed by atoms with Crippen LogP contribution in [0.25, 0.3) is 16.9 Å². The molecule has 3 aromatic carbocycles. The summed E-state index contributed by atoms with van der Waals surface area (Å²) in [5.41, 5.74) is 3.86. The van der Waals surface area contributed by atoms with Gasteiger partial charge in [0.05, 0.1) is 49.8 Å². The van der Waals surface area contributed by atoms with Crippen molar-refractivity contribution in [3.63, 3.8) is 0 Å². The van der Waals surface area contributed by atoms with Gasteiger partial charge in [-0.2, -0.15) is 5.10 Å². The van der Waals surface area contributed by atoms with Crippen molar-refractivity contribution in [2.24, 2.45) is 0 Å². The summed E-state index contributed by atoms with van der Waals surface area (Å²) in [5, 5.41) is 8.35. The lowest BCUT2D eigenvalue weighted by Gasteiger charge is -2.24. The summed E-state index contributed by atoms with van der Waals surface area (Å²) in [7, 11) is 4.79. The first-order valence-corrected chi connectivity index (χ1v) is 16.4. The minimum atomic E-state index is -0.351. The highest BCUT2D eigenvalue weighted by molar-refractivity contribution is 8.00. The number of thioether (sulfide) groups is 1. The Bertz CT molecular complexity index is 1710. The summed E-state index contributed by atoms with van der Waals surface area (Å²) in [6, 6.07) is 20.6. The standard InChI is InChI=1S/C34H35ClN4O6S/c1-42-25-13-11-24(12-14-25)39-34-31(32(37-39)21-6-9-23(35)10-7-21)33(22-8-15-27(43-2)28(17-22)44-3)46-20-30(41)38(34)19-29(40)36-18-26-5-4-16-45-26/h6-15,17,26,33H,4-5,16,18-20H2,1-3H3,(H,36,40)/t26-,33-/m0/s1. The Morgan fingerprint density at radius 1 is 1.02 bits per heavy atom. The van der Waals surface area contributed by atoms with Crippen LogP contribution < -0.4 is 24.4 Å². The van der Waals surface area contributed by atoms with Gasteiger partial charge >= 0.3 is 0 Å². The van der Waals surface area contributed by atoms with Gasteiger partial charge in [-0.3, -0.25) is 14.5 Å². The number of hydrogen-bond acceptors (Lipinski definition) is 8. The molecule has 0 radical (unpaired) electrons. The molecule has 46 heavy (non-hydrogen) atoms. The molecule has 6 rings (SSSR count). The van der Waals surface area contributed by atoms with E-state index in [9.17, 15) is 9.59 Å². The number of aromatic nitrogens is 2. The number of rotatable bonds is 10. The second-order valence-corrected chi connectivity index (χ2v) is 12.5. The number of halogens is 1. The maximum Gasteiger partial charge on any atom is 0.240 e. The van der Waals surface area contributed by atoms with Gasteiger partial charge < -0.3 is 24.3 Å². The Balaban J connectivity index is 1.54. The molecule has 2 aliphatic rings. The Hall–Kier alpha value is -4.19. The number of nitrogens with zero attached hydrogens (tertiary/aromatic N) is 3. The Kier molecular flexibility index (Phi) is 9.72. The maximum atomic E-state index is 14.0. The summed E-state index contributed by atoms with van der Waals surface area (Å²) < 4.78 is 24.0. The van der Waals surface area contributed by atoms with Crippen LogP contribution >= 0.6 is 23.4 Å². The van der Waals surface area contributed by atoms with Crippen molar-refractivity contribution in [1.29, 1.82) is 0 Å². The fourth-order valence-electron chi connectivity index (χ4n) is 5.76. The van der Waals surface area contributed by atoms with Crippen molar-refractivity contribution in [1.82, 2.24) is 15.1 Å². The zero-order valence-corrected chi connectivity index (χ0v) is 27.4. The second-order valence-electron chi connectivity index (χ2n) is 10.9. The maximum absolute atomic E-state index is 14.0. The number of benzene rings is 3. The topological polar surface area (TPSA) is 104 Å². The second kappa shape index (κ2) is 14.1. The van der Waals surface area contributed by atoms with E-state index in [0.717, 1.165) is 29.5 Å². The Labute approximate surface area is 276 Å². The van der Waals surface area contributed by atoms with Crippen LogP contribution in [0.3, 0.4) is 0 Å². The van der Waals surface area contributed by atoms with E-state index in [0.29, 0.717) is 52.6 Å². The first kappa shape index (κ1) is 31.8. The minimum Gasteiger partial charge on any atom is -0.497 e. The van der Waals surface area contributed by atoms with Gasteiger partial charge in [-0.1, -0.05) is 29.8 Å². The molecule has 2 aliphatic heterocycles. The molecule has 1 aromatic heterocycles. The van der Waals surface area contributed by atoms with Gasteiger partial charge in [0.25, 0.3) is 0 Å². The summed E-state index contributed by atoms with van der Waals surface area (Å²) >= 11 is 7.76. The molecule has 240 valence electrons. The fourth-order valence-corrected chi connectivity index (χ4v) is 7.07. The molecule has 2 atom stereocenters. The van der Waals surface area contributed by atoms with Crippen LogP contribution in [0.1, 0.15) is 29.2 Å². The lowest BCUT2D eigenvalue weighted by Crippen LogP contribution is -2.44. The SMILES string of the molecule is COc1ccc(-n2nc(-c3ccc(Cl)cc3)c3c2N(CC(=O)NC[C@@H]2CCCO2)C(=O)CS[C@H]3c2ccc(OC)c(OC)c2)cc1. The molecule has 0 spiro atoms. The van der Waals surface area contributed by atoms with Crippen molar-refractivity contribution >= 4 is 41.0 Å². The van der Waals surface area contributed by atoms with Crippen LogP contribution in [0.2, 0.25) is 5.02 Å². The normalized spacial score (nSPS) is 17.7. The highest BCUT2D eigenvalue weighted by atomic mass is 35.5. The van der Waals surface area contributed by atoms with E-state index in [4.69, 9.17) is 35.6 Å². The first-order chi connectivity index (χ1) is 22.4. The molecule has 4 aromatic rings. The number of hydrogen-bond donors (Lipinski definition) is 1. The summed E-state index contributed by atoms with van der Waals surface area (Å²) in [4.78, 5) is 29.0. The molecule has 0 saturated carbocycles. The lowest BCUT2D eigenvalue weighted by molar-refractivity contribution is -0.123. The summed E-state index contributed by atoms with van der Waals surface area (Å²) in [6.45, 7) is 0.905. The quantitative estimate of drug-likeness (QED) is 0.231. The van der Waals surface area contributed by atoms with E-state index >= 15 is 0 Å². The summed E-state index contributed by atoms with van der Waals surface area (Å²) in [6.07, 6.45) is 1.84. The van der Waals surface area contributed by atoms with Gasteiger partial charge in [0, 0.05) is 29.3 Å². The third kappa shape index (κ3) is 6.53. The van der Waals surface area contributed by atoms with Gasteiger partial charge in [0.15, 0.2) is 11.5 Å². The number of amides is 2. The van der Waals surface area contributed by atoms with Crippen LogP contribution in [0, 0.1) is 0 Å². The van der Waals surface area contributed by atoms with Crippen LogP contribution in [0.15, 0.2) is 66.7 Å². The number of ether oxygens (including phenoxy) is 4. The van der Waals surface area contributed by atoms with Crippen molar-refractivity contribution in [2.45, 2.75) is 24.2 Å². The molecule has 12 heteroatoms. The van der Waals surface area contributed by atoms with Crippen LogP contribution in [0.5, 0.6) is 17.2 Å². The predicted molar refractivity (Wildman–Crippen MR) is 179 cm³/mol. The first-order valence-electron chi connectivity index (χ1n) is 15.0. The molecule has 1 N–H and O–H groups in total. The van der Waals surface area contributed by atoms with E-state index in [2.05, 4.69) is 5.32 Å². The molecule has 2 amide bonds. The highest BCUT2D eigenvalue weighted by Crippen LogP contribution is 2.49. The van der Waals surface area contributed by atoms with Crippen molar-refractivity contribution in [3.8, 4) is 34.2 Å². The molecule has 3 heterocycles. The number of nitrogens with one attached hydrogen (secondary N) is 1. The third-order valence-corrected chi connectivity index (χ3v) is 9.59. The van der Waals surface area contributed by atoms with Gasteiger partial charge in [-0.05, 0) is 66.9 Å². The molecular weight excluding hydrogens is 628 g/mol. The zero-order valence-electron chi connectivity index (χ0n) is 25.8. The molecule has 10 nitrogen and oxygen atoms in total. The van der Waals surface area contributed by atoms with Crippen molar-refractivity contribution in [2.75, 3.05) is 51.7 Å². The third-order valence-electron chi connectivity index (χ3n) is 8.09. The van der Waals surface area contributed by atoms with Crippen LogP contribution in [0.4, 0.5) is 5.82 Å². The van der Waals surface area contributed by atoms with E-state index in [1.54, 1.807) is 30.9 Å². The fraction of sp³-hybridized carbons (Fsp3) is 0.324.